The maximum Gasteiger partial charge on any atom is 0.337 e. The standard InChI is InChI=1S/C18H15NO6/c1-22-17(20)12-6-13(18(21)23-2)8-14(7-12)19-9-11-3-4-15-16(5-11)25-10-24-15/h3-9H,10H2,1-2H3. The highest BCUT2D eigenvalue weighted by Gasteiger charge is 2.14. The molecule has 0 amide bonds. The Morgan fingerprint density at radius 3 is 2.24 bits per heavy atom. The average Bonchev–Trinajstić information content (AvgIpc) is 3.12. The molecule has 7 heteroatoms. The van der Waals surface area contributed by atoms with Gasteiger partial charge in [0.05, 0.1) is 31.0 Å². The molecule has 0 spiro atoms. The van der Waals surface area contributed by atoms with E-state index in [0.29, 0.717) is 17.2 Å². The summed E-state index contributed by atoms with van der Waals surface area (Å²) in [5, 5.41) is 0. The Hall–Kier alpha value is -3.35. The van der Waals surface area contributed by atoms with Crippen LogP contribution in [0.3, 0.4) is 0 Å². The molecule has 0 atom stereocenters. The van der Waals surface area contributed by atoms with Crippen LogP contribution >= 0.6 is 0 Å². The van der Waals surface area contributed by atoms with E-state index in [0.717, 1.165) is 5.56 Å². The van der Waals surface area contributed by atoms with Gasteiger partial charge in [-0.15, -0.1) is 0 Å². The quantitative estimate of drug-likeness (QED) is 0.628. The van der Waals surface area contributed by atoms with Crippen LogP contribution in [0.25, 0.3) is 0 Å². The van der Waals surface area contributed by atoms with Crippen LogP contribution < -0.4 is 9.47 Å². The zero-order valence-electron chi connectivity index (χ0n) is 13.6. The Kier molecular flexibility index (Phi) is 4.65. The molecular formula is C18H15NO6. The lowest BCUT2D eigenvalue weighted by Crippen LogP contribution is -2.06. The van der Waals surface area contributed by atoms with Gasteiger partial charge in [0.15, 0.2) is 11.5 Å². The fourth-order valence-corrected chi connectivity index (χ4v) is 2.30. The van der Waals surface area contributed by atoms with Gasteiger partial charge in [-0.25, -0.2) is 9.59 Å². The fourth-order valence-electron chi connectivity index (χ4n) is 2.30. The number of methoxy groups -OCH3 is 2. The van der Waals surface area contributed by atoms with E-state index < -0.39 is 11.9 Å². The number of ether oxygens (including phenoxy) is 4. The predicted octanol–water partition coefficient (Wildman–Crippen LogP) is 2.74. The number of aliphatic imine (C=N–C) groups is 1. The third-order valence-electron chi connectivity index (χ3n) is 3.52. The molecular weight excluding hydrogens is 326 g/mol. The molecule has 0 unspecified atom stereocenters. The Labute approximate surface area is 143 Å². The van der Waals surface area contributed by atoms with Crippen LogP contribution in [-0.4, -0.2) is 39.2 Å². The fraction of sp³-hybridized carbons (Fsp3) is 0.167. The molecule has 2 aromatic rings. The molecule has 2 aromatic carbocycles. The Morgan fingerprint density at radius 2 is 1.60 bits per heavy atom. The lowest BCUT2D eigenvalue weighted by atomic mass is 10.1. The molecule has 1 aliphatic heterocycles. The van der Waals surface area contributed by atoms with Gasteiger partial charge in [-0.2, -0.15) is 0 Å². The van der Waals surface area contributed by atoms with Crippen molar-refractivity contribution in [2.45, 2.75) is 0 Å². The highest BCUT2D eigenvalue weighted by atomic mass is 16.7. The Morgan fingerprint density at radius 1 is 0.960 bits per heavy atom. The highest BCUT2D eigenvalue weighted by molar-refractivity contribution is 5.97. The van der Waals surface area contributed by atoms with E-state index in [1.165, 1.54) is 32.4 Å². The molecule has 0 saturated heterocycles. The summed E-state index contributed by atoms with van der Waals surface area (Å²) >= 11 is 0. The van der Waals surface area contributed by atoms with Gasteiger partial charge in [0, 0.05) is 6.21 Å². The Bertz CT molecular complexity index is 824. The monoisotopic (exact) mass is 341 g/mol. The summed E-state index contributed by atoms with van der Waals surface area (Å²) < 4.78 is 20.0. The van der Waals surface area contributed by atoms with Crippen molar-refractivity contribution in [3.05, 3.63) is 53.1 Å². The third-order valence-corrected chi connectivity index (χ3v) is 3.52. The number of carbonyl (C=O) groups excluding carboxylic acids is 2. The number of hydrogen-bond acceptors (Lipinski definition) is 7. The second-order valence-corrected chi connectivity index (χ2v) is 5.12. The highest BCUT2D eigenvalue weighted by Crippen LogP contribution is 2.32. The van der Waals surface area contributed by atoms with Crippen molar-refractivity contribution in [3.63, 3.8) is 0 Å². The molecule has 25 heavy (non-hydrogen) atoms. The summed E-state index contributed by atoms with van der Waals surface area (Å²) in [4.78, 5) is 27.9. The molecule has 0 bridgehead atoms. The topological polar surface area (TPSA) is 83.4 Å². The van der Waals surface area contributed by atoms with E-state index in [9.17, 15) is 9.59 Å². The summed E-state index contributed by atoms with van der Waals surface area (Å²) in [6.45, 7) is 0.194. The van der Waals surface area contributed by atoms with Crippen molar-refractivity contribution in [2.24, 2.45) is 4.99 Å². The maximum atomic E-state index is 11.8. The molecule has 0 fully saturated rings. The van der Waals surface area contributed by atoms with Crippen LogP contribution in [0.15, 0.2) is 41.4 Å². The summed E-state index contributed by atoms with van der Waals surface area (Å²) in [6.07, 6.45) is 1.60. The van der Waals surface area contributed by atoms with Crippen molar-refractivity contribution < 1.29 is 28.5 Å². The number of fused-ring (bicyclic) bond motifs is 1. The maximum absolute atomic E-state index is 11.8. The molecule has 0 aromatic heterocycles. The smallest absolute Gasteiger partial charge is 0.337 e. The van der Waals surface area contributed by atoms with E-state index in [4.69, 9.17) is 18.9 Å². The first-order valence-corrected chi connectivity index (χ1v) is 7.36. The van der Waals surface area contributed by atoms with E-state index in [1.807, 2.05) is 6.07 Å². The van der Waals surface area contributed by atoms with Crippen molar-refractivity contribution in [1.82, 2.24) is 0 Å². The first-order valence-electron chi connectivity index (χ1n) is 7.36. The SMILES string of the molecule is COC(=O)c1cc(N=Cc2ccc3c(c2)OCO3)cc(C(=O)OC)c1. The zero-order valence-corrected chi connectivity index (χ0v) is 13.6. The molecule has 1 heterocycles. The van der Waals surface area contributed by atoms with Crippen LogP contribution in [0.2, 0.25) is 0 Å². The molecule has 3 rings (SSSR count). The van der Waals surface area contributed by atoms with Crippen molar-refractivity contribution in [3.8, 4) is 11.5 Å². The van der Waals surface area contributed by atoms with Crippen LogP contribution in [0, 0.1) is 0 Å². The number of hydrogen-bond donors (Lipinski definition) is 0. The van der Waals surface area contributed by atoms with Gasteiger partial charge in [-0.1, -0.05) is 0 Å². The number of rotatable bonds is 4. The summed E-state index contributed by atoms with van der Waals surface area (Å²) in [5.41, 5.74) is 1.62. The van der Waals surface area contributed by atoms with E-state index >= 15 is 0 Å². The van der Waals surface area contributed by atoms with E-state index in [2.05, 4.69) is 4.99 Å². The number of nitrogens with zero attached hydrogens (tertiary/aromatic N) is 1. The lowest BCUT2D eigenvalue weighted by Gasteiger charge is -2.05. The second kappa shape index (κ2) is 7.04. The summed E-state index contributed by atoms with van der Waals surface area (Å²) in [6, 6.07) is 9.86. The van der Waals surface area contributed by atoms with Gasteiger partial charge in [0.2, 0.25) is 6.79 Å². The number of benzene rings is 2. The summed E-state index contributed by atoms with van der Waals surface area (Å²) in [7, 11) is 2.53. The molecule has 0 aliphatic carbocycles. The normalized spacial score (nSPS) is 12.2. The largest absolute Gasteiger partial charge is 0.465 e. The van der Waals surface area contributed by atoms with Gasteiger partial charge in [-0.05, 0) is 42.0 Å². The minimum atomic E-state index is -0.565. The average molecular weight is 341 g/mol. The summed E-state index contributed by atoms with van der Waals surface area (Å²) in [5.74, 6) is 0.191. The second-order valence-electron chi connectivity index (χ2n) is 5.12. The number of carbonyl (C=O) groups is 2. The molecule has 1 aliphatic rings. The van der Waals surface area contributed by atoms with Gasteiger partial charge in [0.1, 0.15) is 0 Å². The lowest BCUT2D eigenvalue weighted by molar-refractivity contribution is 0.0599. The minimum Gasteiger partial charge on any atom is -0.465 e. The first kappa shape index (κ1) is 16.5. The van der Waals surface area contributed by atoms with Crippen molar-refractivity contribution in [1.29, 1.82) is 0 Å². The van der Waals surface area contributed by atoms with Gasteiger partial charge >= 0.3 is 11.9 Å². The number of esters is 2. The van der Waals surface area contributed by atoms with Crippen molar-refractivity contribution >= 4 is 23.8 Å². The predicted molar refractivity (Wildman–Crippen MR) is 88.9 cm³/mol. The molecule has 128 valence electrons. The first-order chi connectivity index (χ1) is 12.1. The van der Waals surface area contributed by atoms with Crippen LogP contribution in [0.4, 0.5) is 5.69 Å². The van der Waals surface area contributed by atoms with Gasteiger partial charge in [-0.3, -0.25) is 4.99 Å². The Balaban J connectivity index is 1.92. The third kappa shape index (κ3) is 3.60. The van der Waals surface area contributed by atoms with Crippen LogP contribution in [-0.2, 0) is 9.47 Å². The molecule has 0 N–H and O–H groups in total. The van der Waals surface area contributed by atoms with Crippen molar-refractivity contribution in [2.75, 3.05) is 21.0 Å². The van der Waals surface area contributed by atoms with E-state index in [-0.39, 0.29) is 17.9 Å². The van der Waals surface area contributed by atoms with Gasteiger partial charge in [0.25, 0.3) is 0 Å². The van der Waals surface area contributed by atoms with Crippen LogP contribution in [0.1, 0.15) is 26.3 Å². The molecule has 0 radical (unpaired) electrons. The van der Waals surface area contributed by atoms with Gasteiger partial charge < -0.3 is 18.9 Å². The van der Waals surface area contributed by atoms with E-state index in [1.54, 1.807) is 18.3 Å². The zero-order chi connectivity index (χ0) is 17.8. The van der Waals surface area contributed by atoms with Crippen LogP contribution in [0.5, 0.6) is 11.5 Å². The minimum absolute atomic E-state index is 0.194. The molecule has 7 nitrogen and oxygen atoms in total. The molecule has 0 saturated carbocycles.